The molecule has 0 bridgehead atoms. The molecule has 14 heavy (non-hydrogen) atoms. The number of carbonyl (C=O) groups excluding carboxylic acids is 1. The summed E-state index contributed by atoms with van der Waals surface area (Å²) in [6.45, 7) is 1.78. The second-order valence-electron chi connectivity index (χ2n) is 3.24. The topological polar surface area (TPSA) is 60.4 Å². The first-order valence-corrected chi connectivity index (χ1v) is 4.41. The number of pyridine rings is 1. The molecule has 0 fully saturated rings. The summed E-state index contributed by atoms with van der Waals surface area (Å²) in [6.07, 6.45) is 3.56. The molecule has 0 aliphatic carbocycles. The van der Waals surface area contributed by atoms with Crippen molar-refractivity contribution in [2.45, 2.75) is 12.8 Å². The van der Waals surface area contributed by atoms with Gasteiger partial charge < -0.3 is 10.1 Å². The maximum atomic E-state index is 11.0. The second kappa shape index (κ2) is 3.14. The number of fused-ring (bicyclic) bond motifs is 1. The Kier molecular flexibility index (Phi) is 1.96. The van der Waals surface area contributed by atoms with Gasteiger partial charge in [0, 0.05) is 12.4 Å². The first-order chi connectivity index (χ1) is 6.70. The lowest BCUT2D eigenvalue weighted by Gasteiger charge is -2.05. The van der Waals surface area contributed by atoms with Gasteiger partial charge in [-0.05, 0) is 19.1 Å². The van der Waals surface area contributed by atoms with E-state index in [4.69, 9.17) is 5.73 Å². The highest BCUT2D eigenvalue weighted by molar-refractivity contribution is 5.81. The minimum absolute atomic E-state index is 0.313. The number of hydrogen-bond donors (Lipinski definition) is 1. The standard InChI is InChI=1S/C10H11N3O/c1-7(10(11)14)8-6-12-9-4-2-3-5-13(8)9/h2-7H,1H3,(H2,11,14). The number of hydrogen-bond acceptors (Lipinski definition) is 2. The Balaban J connectivity index is 2.58. The van der Waals surface area contributed by atoms with Gasteiger partial charge in [-0.15, -0.1) is 0 Å². The summed E-state index contributed by atoms with van der Waals surface area (Å²) in [7, 11) is 0. The van der Waals surface area contributed by atoms with Crippen LogP contribution < -0.4 is 5.73 Å². The Hall–Kier alpha value is -1.84. The maximum absolute atomic E-state index is 11.0. The van der Waals surface area contributed by atoms with Crippen LogP contribution in [0.2, 0.25) is 0 Å². The lowest BCUT2D eigenvalue weighted by Crippen LogP contribution is -2.19. The Labute approximate surface area is 81.4 Å². The molecule has 0 saturated carbocycles. The normalized spacial score (nSPS) is 12.9. The van der Waals surface area contributed by atoms with Crippen LogP contribution in [0.4, 0.5) is 0 Å². The van der Waals surface area contributed by atoms with E-state index in [2.05, 4.69) is 4.98 Å². The van der Waals surface area contributed by atoms with Crippen molar-refractivity contribution in [3.8, 4) is 0 Å². The highest BCUT2D eigenvalue weighted by Gasteiger charge is 2.15. The molecular formula is C10H11N3O. The van der Waals surface area contributed by atoms with Gasteiger partial charge in [-0.25, -0.2) is 4.98 Å². The van der Waals surface area contributed by atoms with Crippen LogP contribution in [0.3, 0.4) is 0 Å². The molecule has 0 radical (unpaired) electrons. The molecule has 1 unspecified atom stereocenters. The lowest BCUT2D eigenvalue weighted by molar-refractivity contribution is -0.119. The zero-order valence-corrected chi connectivity index (χ0v) is 7.84. The lowest BCUT2D eigenvalue weighted by atomic mass is 10.1. The first kappa shape index (κ1) is 8.74. The van der Waals surface area contributed by atoms with E-state index in [1.807, 2.05) is 28.8 Å². The van der Waals surface area contributed by atoms with E-state index in [-0.39, 0.29) is 11.8 Å². The van der Waals surface area contributed by atoms with Gasteiger partial charge in [-0.2, -0.15) is 0 Å². The van der Waals surface area contributed by atoms with E-state index < -0.39 is 0 Å². The van der Waals surface area contributed by atoms with Gasteiger partial charge in [-0.3, -0.25) is 4.79 Å². The average Bonchev–Trinajstić information content (AvgIpc) is 2.60. The molecule has 2 aromatic rings. The SMILES string of the molecule is CC(C(N)=O)c1cnc2ccccn12. The zero-order valence-electron chi connectivity index (χ0n) is 7.84. The van der Waals surface area contributed by atoms with Crippen LogP contribution in [-0.4, -0.2) is 15.3 Å². The molecule has 4 heteroatoms. The molecule has 0 aliphatic heterocycles. The molecule has 2 rings (SSSR count). The van der Waals surface area contributed by atoms with Gasteiger partial charge in [0.05, 0.1) is 11.6 Å². The number of nitrogens with two attached hydrogens (primary N) is 1. The van der Waals surface area contributed by atoms with Crippen molar-refractivity contribution >= 4 is 11.6 Å². The molecule has 4 nitrogen and oxygen atoms in total. The Morgan fingerprint density at radius 3 is 3.07 bits per heavy atom. The number of rotatable bonds is 2. The van der Waals surface area contributed by atoms with Crippen molar-refractivity contribution < 1.29 is 4.79 Å². The highest BCUT2D eigenvalue weighted by Crippen LogP contribution is 2.15. The molecule has 0 aromatic carbocycles. The largest absolute Gasteiger partial charge is 0.369 e. The molecular weight excluding hydrogens is 178 g/mol. The number of carbonyl (C=O) groups is 1. The second-order valence-corrected chi connectivity index (χ2v) is 3.24. The predicted molar refractivity (Wildman–Crippen MR) is 52.8 cm³/mol. The molecule has 2 heterocycles. The van der Waals surface area contributed by atoms with Crippen LogP contribution in [0.5, 0.6) is 0 Å². The molecule has 72 valence electrons. The van der Waals surface area contributed by atoms with Crippen molar-refractivity contribution in [2.75, 3.05) is 0 Å². The smallest absolute Gasteiger partial charge is 0.226 e. The van der Waals surface area contributed by atoms with Crippen molar-refractivity contribution in [3.63, 3.8) is 0 Å². The summed E-state index contributed by atoms with van der Waals surface area (Å²) in [5.74, 6) is -0.650. The van der Waals surface area contributed by atoms with E-state index in [0.717, 1.165) is 11.3 Å². The minimum Gasteiger partial charge on any atom is -0.369 e. The van der Waals surface area contributed by atoms with Crippen LogP contribution in [0.1, 0.15) is 18.5 Å². The minimum atomic E-state index is -0.337. The molecule has 2 aromatic heterocycles. The van der Waals surface area contributed by atoms with E-state index in [9.17, 15) is 4.79 Å². The highest BCUT2D eigenvalue weighted by atomic mass is 16.1. The average molecular weight is 189 g/mol. The van der Waals surface area contributed by atoms with Gasteiger partial charge in [-0.1, -0.05) is 6.07 Å². The summed E-state index contributed by atoms with van der Waals surface area (Å²) in [5, 5.41) is 0. The molecule has 0 saturated heterocycles. The molecule has 2 N–H and O–H groups in total. The Morgan fingerprint density at radius 2 is 2.36 bits per heavy atom. The summed E-state index contributed by atoms with van der Waals surface area (Å²) in [4.78, 5) is 15.2. The van der Waals surface area contributed by atoms with Gasteiger partial charge in [0.25, 0.3) is 0 Å². The van der Waals surface area contributed by atoms with Gasteiger partial charge in [0.1, 0.15) is 5.65 Å². The fourth-order valence-corrected chi connectivity index (χ4v) is 1.42. The van der Waals surface area contributed by atoms with Gasteiger partial charge in [0.15, 0.2) is 0 Å². The number of imidazole rings is 1. The molecule has 1 amide bonds. The summed E-state index contributed by atoms with van der Waals surface area (Å²) < 4.78 is 1.87. The summed E-state index contributed by atoms with van der Waals surface area (Å²) in [6, 6.07) is 5.68. The van der Waals surface area contributed by atoms with Crippen molar-refractivity contribution in [3.05, 3.63) is 36.3 Å². The van der Waals surface area contributed by atoms with Crippen LogP contribution >= 0.6 is 0 Å². The van der Waals surface area contributed by atoms with Crippen molar-refractivity contribution in [1.29, 1.82) is 0 Å². The van der Waals surface area contributed by atoms with Crippen LogP contribution in [-0.2, 0) is 4.79 Å². The third-order valence-electron chi connectivity index (χ3n) is 2.32. The quantitative estimate of drug-likeness (QED) is 0.763. The van der Waals surface area contributed by atoms with Crippen molar-refractivity contribution in [2.24, 2.45) is 5.73 Å². The molecule has 0 spiro atoms. The van der Waals surface area contributed by atoms with E-state index in [1.54, 1.807) is 13.1 Å². The van der Waals surface area contributed by atoms with Crippen LogP contribution in [0.25, 0.3) is 5.65 Å². The zero-order chi connectivity index (χ0) is 10.1. The fourth-order valence-electron chi connectivity index (χ4n) is 1.42. The predicted octanol–water partition coefficient (Wildman–Crippen LogP) is 0.923. The van der Waals surface area contributed by atoms with E-state index >= 15 is 0 Å². The number of primary amides is 1. The summed E-state index contributed by atoms with van der Waals surface area (Å²) in [5.41, 5.74) is 6.89. The fraction of sp³-hybridized carbons (Fsp3) is 0.200. The number of nitrogens with zero attached hydrogens (tertiary/aromatic N) is 2. The third kappa shape index (κ3) is 1.25. The Morgan fingerprint density at radius 1 is 1.57 bits per heavy atom. The first-order valence-electron chi connectivity index (χ1n) is 4.41. The number of aromatic nitrogens is 2. The monoisotopic (exact) mass is 189 g/mol. The van der Waals surface area contributed by atoms with Gasteiger partial charge >= 0.3 is 0 Å². The maximum Gasteiger partial charge on any atom is 0.226 e. The van der Waals surface area contributed by atoms with Crippen molar-refractivity contribution in [1.82, 2.24) is 9.38 Å². The van der Waals surface area contributed by atoms with E-state index in [0.29, 0.717) is 0 Å². The third-order valence-corrected chi connectivity index (χ3v) is 2.32. The number of amides is 1. The summed E-state index contributed by atoms with van der Waals surface area (Å²) >= 11 is 0. The van der Waals surface area contributed by atoms with E-state index in [1.165, 1.54) is 0 Å². The molecule has 0 aliphatic rings. The van der Waals surface area contributed by atoms with Crippen LogP contribution in [0.15, 0.2) is 30.6 Å². The molecule has 1 atom stereocenters. The Bertz CT molecular complexity index is 475. The van der Waals surface area contributed by atoms with Crippen LogP contribution in [0, 0.1) is 0 Å². The van der Waals surface area contributed by atoms with Gasteiger partial charge in [0.2, 0.25) is 5.91 Å².